The Labute approximate surface area is 104 Å². The number of sulfonamides is 1. The van der Waals surface area contributed by atoms with Crippen LogP contribution in [0.25, 0.3) is 10.4 Å². The predicted octanol–water partition coefficient (Wildman–Crippen LogP) is 2.20. The summed E-state index contributed by atoms with van der Waals surface area (Å²) in [4.78, 5) is 2.17. The molecule has 96 valence electrons. The van der Waals surface area contributed by atoms with E-state index in [1.807, 2.05) is 13.8 Å². The standard InChI is InChI=1S/C10H11N3O4S/c1-10(2)9(17-10)16-7-4-3-5-8(6-7)18(14,15)13-12-11/h3-6,9H,1-2H3. The molecule has 0 saturated carbocycles. The minimum Gasteiger partial charge on any atom is -0.462 e. The second kappa shape index (κ2) is 4.16. The maximum absolute atomic E-state index is 11.5. The SMILES string of the molecule is CC1(C)OC1Oc1cccc(S(=O)(=O)N=[N+]=[N-])c1. The first-order valence-corrected chi connectivity index (χ1v) is 6.55. The summed E-state index contributed by atoms with van der Waals surface area (Å²) in [5.41, 5.74) is 7.82. The molecule has 0 N–H and O–H groups in total. The molecule has 7 nitrogen and oxygen atoms in total. The topological polar surface area (TPSA) is 105 Å². The van der Waals surface area contributed by atoms with Gasteiger partial charge >= 0.3 is 0 Å². The molecule has 2 rings (SSSR count). The Bertz CT molecular complexity index is 620. The van der Waals surface area contributed by atoms with Crippen molar-refractivity contribution in [1.29, 1.82) is 0 Å². The first-order valence-electron chi connectivity index (χ1n) is 5.11. The summed E-state index contributed by atoms with van der Waals surface area (Å²) in [5.74, 6) is 0.347. The van der Waals surface area contributed by atoms with Crippen LogP contribution in [-0.4, -0.2) is 20.3 Å². The zero-order valence-electron chi connectivity index (χ0n) is 9.77. The van der Waals surface area contributed by atoms with Crippen LogP contribution in [0.15, 0.2) is 33.7 Å². The molecule has 0 radical (unpaired) electrons. The second-order valence-corrected chi connectivity index (χ2v) is 5.88. The molecule has 0 aliphatic carbocycles. The van der Waals surface area contributed by atoms with Gasteiger partial charge in [-0.05, 0) is 37.6 Å². The molecule has 1 unspecified atom stereocenters. The fraction of sp³-hybridized carbons (Fsp3) is 0.400. The van der Waals surface area contributed by atoms with Crippen molar-refractivity contribution in [1.82, 2.24) is 0 Å². The molecule has 0 bridgehead atoms. The van der Waals surface area contributed by atoms with Crippen LogP contribution in [0.3, 0.4) is 0 Å². The Morgan fingerprint density at radius 2 is 2.17 bits per heavy atom. The number of epoxide rings is 1. The molecule has 0 aromatic heterocycles. The van der Waals surface area contributed by atoms with Crippen molar-refractivity contribution in [3.8, 4) is 5.75 Å². The molecule has 8 heteroatoms. The molecule has 0 amide bonds. The van der Waals surface area contributed by atoms with Crippen LogP contribution in [0, 0.1) is 0 Å². The monoisotopic (exact) mass is 269 g/mol. The summed E-state index contributed by atoms with van der Waals surface area (Å²) < 4.78 is 36.4. The van der Waals surface area contributed by atoms with Crippen molar-refractivity contribution in [2.24, 2.45) is 4.52 Å². The normalized spacial score (nSPS) is 20.9. The van der Waals surface area contributed by atoms with Gasteiger partial charge in [-0.25, -0.2) is 8.42 Å². The quantitative estimate of drug-likeness (QED) is 0.361. The van der Waals surface area contributed by atoms with Crippen LogP contribution in [0.4, 0.5) is 0 Å². The summed E-state index contributed by atoms with van der Waals surface area (Å²) in [6, 6.07) is 5.73. The van der Waals surface area contributed by atoms with E-state index in [4.69, 9.17) is 15.0 Å². The fourth-order valence-electron chi connectivity index (χ4n) is 1.33. The minimum absolute atomic E-state index is 0.115. The van der Waals surface area contributed by atoms with E-state index >= 15 is 0 Å². The number of ether oxygens (including phenoxy) is 2. The van der Waals surface area contributed by atoms with Gasteiger partial charge in [0.15, 0.2) is 0 Å². The number of nitrogens with zero attached hydrogens (tertiary/aromatic N) is 3. The first kappa shape index (κ1) is 12.7. The third-order valence-electron chi connectivity index (χ3n) is 2.41. The van der Waals surface area contributed by atoms with Gasteiger partial charge in [0.2, 0.25) is 6.29 Å². The number of benzene rings is 1. The summed E-state index contributed by atoms with van der Waals surface area (Å²) in [6.07, 6.45) is -0.394. The van der Waals surface area contributed by atoms with Crippen molar-refractivity contribution >= 4 is 10.0 Å². The van der Waals surface area contributed by atoms with Gasteiger partial charge in [-0.2, -0.15) is 0 Å². The van der Waals surface area contributed by atoms with Crippen LogP contribution in [0.5, 0.6) is 5.75 Å². The highest BCUT2D eigenvalue weighted by molar-refractivity contribution is 7.90. The van der Waals surface area contributed by atoms with Crippen LogP contribution in [0.1, 0.15) is 13.8 Å². The number of hydrogen-bond donors (Lipinski definition) is 0. The van der Waals surface area contributed by atoms with Gasteiger partial charge in [0, 0.05) is 9.43 Å². The Morgan fingerprint density at radius 3 is 2.72 bits per heavy atom. The molecule has 1 aromatic rings. The molecule has 1 saturated heterocycles. The Balaban J connectivity index is 2.23. The largest absolute Gasteiger partial charge is 0.462 e. The average molecular weight is 269 g/mol. The molecule has 1 heterocycles. The van der Waals surface area contributed by atoms with Gasteiger partial charge in [-0.1, -0.05) is 6.07 Å². The second-order valence-electron chi connectivity index (χ2n) is 4.29. The maximum atomic E-state index is 11.5. The summed E-state index contributed by atoms with van der Waals surface area (Å²) in [5, 5.41) is 0. The van der Waals surface area contributed by atoms with E-state index < -0.39 is 16.3 Å². The molecular formula is C10H11N3O4S. The zero-order valence-corrected chi connectivity index (χ0v) is 10.6. The lowest BCUT2D eigenvalue weighted by Crippen LogP contribution is -2.09. The molecule has 18 heavy (non-hydrogen) atoms. The van der Waals surface area contributed by atoms with Crippen LogP contribution in [-0.2, 0) is 14.8 Å². The van der Waals surface area contributed by atoms with Crippen LogP contribution < -0.4 is 4.74 Å². The van der Waals surface area contributed by atoms with E-state index in [0.717, 1.165) is 0 Å². The molecule has 1 aromatic carbocycles. The summed E-state index contributed by atoms with van der Waals surface area (Å²) in [7, 11) is -3.99. The smallest absolute Gasteiger partial charge is 0.264 e. The highest BCUT2D eigenvalue weighted by Gasteiger charge is 2.50. The zero-order chi connectivity index (χ0) is 13.4. The average Bonchev–Trinajstić information content (AvgIpc) is 2.86. The van der Waals surface area contributed by atoms with Crippen molar-refractivity contribution < 1.29 is 17.9 Å². The molecule has 0 spiro atoms. The number of azide groups is 1. The molecular weight excluding hydrogens is 258 g/mol. The van der Waals surface area contributed by atoms with Crippen molar-refractivity contribution in [2.45, 2.75) is 30.6 Å². The maximum Gasteiger partial charge on any atom is 0.264 e. The van der Waals surface area contributed by atoms with E-state index in [1.165, 1.54) is 18.2 Å². The highest BCUT2D eigenvalue weighted by atomic mass is 32.2. The van der Waals surface area contributed by atoms with E-state index in [0.29, 0.717) is 5.75 Å². The van der Waals surface area contributed by atoms with Gasteiger partial charge in [0.05, 0.1) is 4.90 Å². The van der Waals surface area contributed by atoms with Crippen molar-refractivity contribution in [3.63, 3.8) is 0 Å². The third-order valence-corrected chi connectivity index (χ3v) is 3.55. The summed E-state index contributed by atoms with van der Waals surface area (Å²) in [6.45, 7) is 3.72. The van der Waals surface area contributed by atoms with Gasteiger partial charge in [-0.15, -0.1) is 0 Å². The number of hydrogen-bond acceptors (Lipinski definition) is 4. The lowest BCUT2D eigenvalue weighted by molar-refractivity contribution is 0.177. The molecule has 1 aliphatic heterocycles. The lowest BCUT2D eigenvalue weighted by Gasteiger charge is -2.05. The van der Waals surface area contributed by atoms with E-state index in [1.54, 1.807) is 6.07 Å². The van der Waals surface area contributed by atoms with Crippen LogP contribution >= 0.6 is 0 Å². The van der Waals surface area contributed by atoms with Gasteiger partial charge < -0.3 is 9.47 Å². The number of rotatable bonds is 4. The molecule has 1 atom stereocenters. The molecule has 1 aliphatic rings. The molecule has 1 fully saturated rings. The van der Waals surface area contributed by atoms with Crippen LogP contribution in [0.2, 0.25) is 0 Å². The Morgan fingerprint density at radius 1 is 1.50 bits per heavy atom. The summed E-state index contributed by atoms with van der Waals surface area (Å²) >= 11 is 0. The van der Waals surface area contributed by atoms with Crippen molar-refractivity contribution in [3.05, 3.63) is 34.7 Å². The van der Waals surface area contributed by atoms with E-state index in [9.17, 15) is 8.42 Å². The van der Waals surface area contributed by atoms with Gasteiger partial charge in [-0.3, -0.25) is 0 Å². The lowest BCUT2D eigenvalue weighted by atomic mass is 10.2. The third kappa shape index (κ3) is 2.56. The van der Waals surface area contributed by atoms with Gasteiger partial charge in [0.1, 0.15) is 11.4 Å². The van der Waals surface area contributed by atoms with Gasteiger partial charge in [0.25, 0.3) is 10.0 Å². The van der Waals surface area contributed by atoms with E-state index in [-0.39, 0.29) is 10.5 Å². The fourth-order valence-corrected chi connectivity index (χ4v) is 2.04. The van der Waals surface area contributed by atoms with E-state index in [2.05, 4.69) is 9.43 Å². The highest BCUT2D eigenvalue weighted by Crippen LogP contribution is 2.37. The van der Waals surface area contributed by atoms with Crippen molar-refractivity contribution in [2.75, 3.05) is 0 Å². The minimum atomic E-state index is -3.99. The Kier molecular flexibility index (Phi) is 2.94. The first-order chi connectivity index (χ1) is 8.35. The predicted molar refractivity (Wildman–Crippen MR) is 62.4 cm³/mol. The Hall–Kier alpha value is -1.76.